The highest BCUT2D eigenvalue weighted by Gasteiger charge is 2.31. The van der Waals surface area contributed by atoms with Crippen LogP contribution in [-0.2, 0) is 16.6 Å². The van der Waals surface area contributed by atoms with Crippen LogP contribution in [0.4, 0.5) is 11.5 Å². The summed E-state index contributed by atoms with van der Waals surface area (Å²) in [5.41, 5.74) is 2.49. The van der Waals surface area contributed by atoms with Gasteiger partial charge in [-0.2, -0.15) is 0 Å². The highest BCUT2D eigenvalue weighted by atomic mass is 32.2. The fourth-order valence-electron chi connectivity index (χ4n) is 5.05. The standard InChI is InChI=1S/C26H41N5O4S.C2H6/c1-6-22(10-11-27-16-20-8-9-24(32)15-25(20)35-4)31-13-12-30(18-23(31)7-2)26-19(3)14-21(17-28-26)29-36(5,33)34;1-2/h8-9,14-15,17,22-23,27,29,32H,6-7,10-13,16,18H2,1-5H3;1-2H3. The summed E-state index contributed by atoms with van der Waals surface area (Å²) in [5, 5.41) is 13.2. The molecule has 1 aromatic carbocycles. The summed E-state index contributed by atoms with van der Waals surface area (Å²) in [6, 6.07) is 7.98. The molecule has 2 unspecified atom stereocenters. The maximum absolute atomic E-state index is 11.5. The number of aromatic hydroxyl groups is 1. The van der Waals surface area contributed by atoms with E-state index in [0.717, 1.165) is 68.6 Å². The molecule has 2 atom stereocenters. The van der Waals surface area contributed by atoms with Crippen molar-refractivity contribution in [1.82, 2.24) is 15.2 Å². The first-order chi connectivity index (χ1) is 18.1. The summed E-state index contributed by atoms with van der Waals surface area (Å²) in [4.78, 5) is 9.57. The van der Waals surface area contributed by atoms with Crippen molar-refractivity contribution in [2.75, 3.05) is 49.2 Å². The number of nitrogens with one attached hydrogen (secondary N) is 2. The van der Waals surface area contributed by atoms with Crippen molar-refractivity contribution < 1.29 is 18.3 Å². The molecule has 0 spiro atoms. The van der Waals surface area contributed by atoms with Crippen LogP contribution in [0.25, 0.3) is 0 Å². The number of hydrogen-bond acceptors (Lipinski definition) is 8. The molecule has 2 aromatic rings. The largest absolute Gasteiger partial charge is 0.508 e. The minimum atomic E-state index is -3.33. The fraction of sp³-hybridized carbons (Fsp3) is 0.607. The Morgan fingerprint density at radius 2 is 1.95 bits per heavy atom. The molecule has 10 heteroatoms. The third-order valence-corrected chi connectivity index (χ3v) is 7.44. The Bertz CT molecular complexity index is 1110. The van der Waals surface area contributed by atoms with Gasteiger partial charge in [-0.05, 0) is 50.4 Å². The molecule has 214 valence electrons. The first kappa shape index (κ1) is 31.7. The number of hydrogen-bond donors (Lipinski definition) is 3. The van der Waals surface area contributed by atoms with Gasteiger partial charge >= 0.3 is 0 Å². The number of benzene rings is 1. The molecular formula is C28H47N5O4S. The number of aryl methyl sites for hydroxylation is 1. The Labute approximate surface area is 229 Å². The molecule has 0 saturated carbocycles. The third-order valence-electron chi connectivity index (χ3n) is 6.83. The number of anilines is 2. The predicted octanol–water partition coefficient (Wildman–Crippen LogP) is 4.36. The molecule has 1 aliphatic heterocycles. The Morgan fingerprint density at radius 1 is 1.21 bits per heavy atom. The van der Waals surface area contributed by atoms with Gasteiger partial charge in [0.15, 0.2) is 0 Å². The molecule has 38 heavy (non-hydrogen) atoms. The van der Waals surface area contributed by atoms with Gasteiger partial charge in [-0.3, -0.25) is 9.62 Å². The Morgan fingerprint density at radius 3 is 2.55 bits per heavy atom. The summed E-state index contributed by atoms with van der Waals surface area (Å²) in [6.07, 6.45) is 5.93. The summed E-state index contributed by atoms with van der Waals surface area (Å²) < 4.78 is 31.0. The van der Waals surface area contributed by atoms with Crippen LogP contribution in [0.3, 0.4) is 0 Å². The SMILES string of the molecule is CC.CCC(CCNCc1ccc(O)cc1OC)N1CCN(c2ncc(NS(C)(=O)=O)cc2C)CC1CC. The van der Waals surface area contributed by atoms with Gasteiger partial charge < -0.3 is 20.1 Å². The molecule has 0 radical (unpaired) electrons. The fourth-order valence-corrected chi connectivity index (χ4v) is 5.59. The van der Waals surface area contributed by atoms with E-state index < -0.39 is 10.0 Å². The number of phenolic OH excluding ortho intramolecular Hbond substituents is 1. The molecule has 1 aliphatic rings. The maximum atomic E-state index is 11.5. The van der Waals surface area contributed by atoms with Crippen molar-refractivity contribution >= 4 is 21.5 Å². The van der Waals surface area contributed by atoms with Crippen molar-refractivity contribution in [3.8, 4) is 11.5 Å². The third kappa shape index (κ3) is 9.03. The number of phenols is 1. The molecule has 1 saturated heterocycles. The Kier molecular flexibility index (Phi) is 12.6. The van der Waals surface area contributed by atoms with Gasteiger partial charge in [0.1, 0.15) is 17.3 Å². The lowest BCUT2D eigenvalue weighted by Crippen LogP contribution is -2.57. The predicted molar refractivity (Wildman–Crippen MR) is 157 cm³/mol. The van der Waals surface area contributed by atoms with E-state index >= 15 is 0 Å². The molecule has 2 heterocycles. The molecule has 1 fully saturated rings. The zero-order valence-electron chi connectivity index (χ0n) is 24.1. The van der Waals surface area contributed by atoms with Crippen molar-refractivity contribution in [3.05, 3.63) is 41.6 Å². The molecule has 0 amide bonds. The average molecular weight is 550 g/mol. The molecule has 3 N–H and O–H groups in total. The van der Waals surface area contributed by atoms with Crippen LogP contribution in [-0.4, -0.2) is 75.0 Å². The quantitative estimate of drug-likeness (QED) is 0.335. The van der Waals surface area contributed by atoms with Gasteiger partial charge in [0.2, 0.25) is 10.0 Å². The zero-order valence-corrected chi connectivity index (χ0v) is 24.9. The smallest absolute Gasteiger partial charge is 0.229 e. The van der Waals surface area contributed by atoms with E-state index in [9.17, 15) is 13.5 Å². The van der Waals surface area contributed by atoms with Crippen LogP contribution in [0.2, 0.25) is 0 Å². The number of nitrogens with zero attached hydrogens (tertiary/aromatic N) is 3. The number of ether oxygens (including phenoxy) is 1. The highest BCUT2D eigenvalue weighted by molar-refractivity contribution is 7.92. The summed E-state index contributed by atoms with van der Waals surface area (Å²) in [7, 11) is -1.71. The topological polar surface area (TPSA) is 107 Å². The summed E-state index contributed by atoms with van der Waals surface area (Å²) in [5.74, 6) is 1.82. The summed E-state index contributed by atoms with van der Waals surface area (Å²) >= 11 is 0. The molecule has 9 nitrogen and oxygen atoms in total. The van der Waals surface area contributed by atoms with E-state index in [2.05, 4.69) is 38.7 Å². The van der Waals surface area contributed by atoms with Gasteiger partial charge in [0.05, 0.1) is 25.2 Å². The number of piperazine rings is 1. The van der Waals surface area contributed by atoms with Crippen molar-refractivity contribution in [2.24, 2.45) is 0 Å². The Balaban J connectivity index is 0.00000247. The van der Waals surface area contributed by atoms with E-state index in [-0.39, 0.29) is 5.75 Å². The second kappa shape index (κ2) is 15.1. The van der Waals surface area contributed by atoms with Gasteiger partial charge in [0, 0.05) is 49.9 Å². The lowest BCUT2D eigenvalue weighted by atomic mass is 10.0. The normalized spacial score (nSPS) is 16.9. The number of aromatic nitrogens is 1. The number of pyridine rings is 1. The van der Waals surface area contributed by atoms with E-state index in [0.29, 0.717) is 30.1 Å². The van der Waals surface area contributed by atoms with Crippen LogP contribution < -0.4 is 19.7 Å². The molecule has 1 aromatic heterocycles. The minimum absolute atomic E-state index is 0.207. The van der Waals surface area contributed by atoms with E-state index in [1.807, 2.05) is 32.9 Å². The Hall–Kier alpha value is -2.56. The van der Waals surface area contributed by atoms with Crippen LogP contribution in [0.5, 0.6) is 11.5 Å². The van der Waals surface area contributed by atoms with Gasteiger partial charge in [-0.25, -0.2) is 13.4 Å². The van der Waals surface area contributed by atoms with Crippen LogP contribution >= 0.6 is 0 Å². The molecule has 3 rings (SSSR count). The number of methoxy groups -OCH3 is 1. The average Bonchev–Trinajstić information content (AvgIpc) is 2.89. The van der Waals surface area contributed by atoms with Gasteiger partial charge in [-0.1, -0.05) is 33.8 Å². The van der Waals surface area contributed by atoms with Crippen molar-refractivity contribution in [3.63, 3.8) is 0 Å². The van der Waals surface area contributed by atoms with E-state index in [4.69, 9.17) is 4.74 Å². The monoisotopic (exact) mass is 549 g/mol. The van der Waals surface area contributed by atoms with Gasteiger partial charge in [-0.15, -0.1) is 0 Å². The highest BCUT2D eigenvalue weighted by Crippen LogP contribution is 2.27. The molecule has 0 aliphatic carbocycles. The van der Waals surface area contributed by atoms with Crippen LogP contribution in [0.1, 0.15) is 58.1 Å². The maximum Gasteiger partial charge on any atom is 0.229 e. The molecule has 0 bridgehead atoms. The van der Waals surface area contributed by atoms with Crippen LogP contribution in [0.15, 0.2) is 30.5 Å². The minimum Gasteiger partial charge on any atom is -0.508 e. The molecular weight excluding hydrogens is 502 g/mol. The number of sulfonamides is 1. The number of rotatable bonds is 12. The van der Waals surface area contributed by atoms with Crippen LogP contribution in [0, 0.1) is 6.92 Å². The zero-order chi connectivity index (χ0) is 28.3. The van der Waals surface area contributed by atoms with E-state index in [1.54, 1.807) is 25.4 Å². The first-order valence-electron chi connectivity index (χ1n) is 13.7. The lowest BCUT2D eigenvalue weighted by molar-refractivity contribution is 0.105. The second-order valence-electron chi connectivity index (χ2n) is 9.51. The lowest BCUT2D eigenvalue weighted by Gasteiger charge is -2.45. The van der Waals surface area contributed by atoms with Crippen molar-refractivity contribution in [1.29, 1.82) is 0 Å². The van der Waals surface area contributed by atoms with Gasteiger partial charge in [0.25, 0.3) is 0 Å². The first-order valence-corrected chi connectivity index (χ1v) is 15.6. The second-order valence-corrected chi connectivity index (χ2v) is 11.3. The van der Waals surface area contributed by atoms with E-state index in [1.165, 1.54) is 0 Å². The van der Waals surface area contributed by atoms with Crippen molar-refractivity contribution in [2.45, 2.75) is 72.5 Å². The summed E-state index contributed by atoms with van der Waals surface area (Å²) in [6.45, 7) is 14.8.